The van der Waals surface area contributed by atoms with Gasteiger partial charge in [-0.2, -0.15) is 5.10 Å². The Bertz CT molecular complexity index is 592. The summed E-state index contributed by atoms with van der Waals surface area (Å²) in [5, 5.41) is 10.5. The van der Waals surface area contributed by atoms with Crippen LogP contribution in [0.25, 0.3) is 0 Å². The van der Waals surface area contributed by atoms with Crippen molar-refractivity contribution in [2.45, 2.75) is 39.8 Å². The Morgan fingerprint density at radius 3 is 2.90 bits per heavy atom. The largest absolute Gasteiger partial charge is 0.382 e. The Balaban J connectivity index is 1.95. The van der Waals surface area contributed by atoms with Gasteiger partial charge in [-0.05, 0) is 44.0 Å². The molecule has 0 fully saturated rings. The summed E-state index contributed by atoms with van der Waals surface area (Å²) in [4.78, 5) is 11.1. The Morgan fingerprint density at radius 2 is 2.24 bits per heavy atom. The van der Waals surface area contributed by atoms with E-state index in [9.17, 15) is 4.79 Å². The van der Waals surface area contributed by atoms with E-state index >= 15 is 0 Å². The van der Waals surface area contributed by atoms with E-state index in [-0.39, 0.29) is 5.91 Å². The van der Waals surface area contributed by atoms with Crippen LogP contribution in [0.4, 0.5) is 11.4 Å². The van der Waals surface area contributed by atoms with Crippen molar-refractivity contribution in [3.05, 3.63) is 42.2 Å². The number of aromatic nitrogens is 2. The number of anilines is 2. The number of nitrogens with zero attached hydrogens (tertiary/aromatic N) is 2. The molecule has 0 unspecified atom stereocenters. The summed E-state index contributed by atoms with van der Waals surface area (Å²) in [6, 6.07) is 8.14. The van der Waals surface area contributed by atoms with Gasteiger partial charge in [0.05, 0.1) is 0 Å². The SMILES string of the molecule is CC(=O)Nc1ccc(C)c(N[C@@H](C)CCn2cccn2)c1. The molecule has 21 heavy (non-hydrogen) atoms. The highest BCUT2D eigenvalue weighted by Crippen LogP contribution is 2.21. The quantitative estimate of drug-likeness (QED) is 0.858. The van der Waals surface area contributed by atoms with Gasteiger partial charge in [0.15, 0.2) is 0 Å². The van der Waals surface area contributed by atoms with Gasteiger partial charge in [0, 0.05) is 43.3 Å². The summed E-state index contributed by atoms with van der Waals surface area (Å²) in [6.45, 7) is 6.60. The third kappa shape index (κ3) is 4.63. The first kappa shape index (κ1) is 15.1. The van der Waals surface area contributed by atoms with Crippen LogP contribution in [0.2, 0.25) is 0 Å². The first-order valence-corrected chi connectivity index (χ1v) is 7.17. The Labute approximate surface area is 125 Å². The standard InChI is InChI=1S/C16H22N4O/c1-12-5-6-15(19-14(3)21)11-16(12)18-13(2)7-10-20-9-4-8-17-20/h4-6,8-9,11,13,18H,7,10H2,1-3H3,(H,19,21)/t13-/m0/s1. The van der Waals surface area contributed by atoms with Crippen molar-refractivity contribution in [2.75, 3.05) is 10.6 Å². The zero-order chi connectivity index (χ0) is 15.2. The lowest BCUT2D eigenvalue weighted by molar-refractivity contribution is -0.114. The number of amides is 1. The highest BCUT2D eigenvalue weighted by molar-refractivity contribution is 5.89. The van der Waals surface area contributed by atoms with Crippen LogP contribution in [-0.4, -0.2) is 21.7 Å². The van der Waals surface area contributed by atoms with Gasteiger partial charge in [-0.1, -0.05) is 6.07 Å². The molecular weight excluding hydrogens is 264 g/mol. The number of carbonyl (C=O) groups is 1. The van der Waals surface area contributed by atoms with E-state index in [0.717, 1.165) is 29.9 Å². The maximum atomic E-state index is 11.1. The van der Waals surface area contributed by atoms with Crippen LogP contribution >= 0.6 is 0 Å². The average molecular weight is 286 g/mol. The van der Waals surface area contributed by atoms with E-state index in [4.69, 9.17) is 0 Å². The molecule has 0 saturated heterocycles. The van der Waals surface area contributed by atoms with Gasteiger partial charge in [-0.25, -0.2) is 0 Å². The molecule has 1 aromatic heterocycles. The minimum Gasteiger partial charge on any atom is -0.382 e. The Hall–Kier alpha value is -2.30. The van der Waals surface area contributed by atoms with Crippen LogP contribution in [0.3, 0.4) is 0 Å². The van der Waals surface area contributed by atoms with E-state index in [2.05, 4.69) is 29.6 Å². The number of rotatable bonds is 6. The third-order valence-corrected chi connectivity index (χ3v) is 3.31. The lowest BCUT2D eigenvalue weighted by Crippen LogP contribution is -2.18. The molecule has 1 aromatic carbocycles. The van der Waals surface area contributed by atoms with Gasteiger partial charge in [0.1, 0.15) is 0 Å². The van der Waals surface area contributed by atoms with Gasteiger partial charge < -0.3 is 10.6 Å². The van der Waals surface area contributed by atoms with Crippen LogP contribution in [0, 0.1) is 6.92 Å². The summed E-state index contributed by atoms with van der Waals surface area (Å²) < 4.78 is 1.93. The molecule has 0 saturated carbocycles. The zero-order valence-electron chi connectivity index (χ0n) is 12.8. The van der Waals surface area contributed by atoms with E-state index in [1.165, 1.54) is 6.92 Å². The second-order valence-electron chi connectivity index (χ2n) is 5.31. The minimum atomic E-state index is -0.0588. The van der Waals surface area contributed by atoms with Gasteiger partial charge >= 0.3 is 0 Å². The molecule has 5 nitrogen and oxygen atoms in total. The van der Waals surface area contributed by atoms with Gasteiger partial charge in [0.2, 0.25) is 5.91 Å². The molecule has 2 aromatic rings. The van der Waals surface area contributed by atoms with E-state index < -0.39 is 0 Å². The number of benzene rings is 1. The highest BCUT2D eigenvalue weighted by atomic mass is 16.1. The predicted molar refractivity (Wildman–Crippen MR) is 85.4 cm³/mol. The van der Waals surface area contributed by atoms with Crippen molar-refractivity contribution in [3.63, 3.8) is 0 Å². The lowest BCUT2D eigenvalue weighted by atomic mass is 10.1. The van der Waals surface area contributed by atoms with Crippen molar-refractivity contribution in [2.24, 2.45) is 0 Å². The Morgan fingerprint density at radius 1 is 1.43 bits per heavy atom. The predicted octanol–water partition coefficient (Wildman–Crippen LogP) is 3.04. The highest BCUT2D eigenvalue weighted by Gasteiger charge is 2.06. The second-order valence-corrected chi connectivity index (χ2v) is 5.31. The monoisotopic (exact) mass is 286 g/mol. The summed E-state index contributed by atoms with van der Waals surface area (Å²) in [5.74, 6) is -0.0588. The fourth-order valence-electron chi connectivity index (χ4n) is 2.15. The molecule has 0 aliphatic heterocycles. The van der Waals surface area contributed by atoms with Crippen molar-refractivity contribution >= 4 is 17.3 Å². The molecule has 2 rings (SSSR count). The molecule has 0 bridgehead atoms. The van der Waals surface area contributed by atoms with Crippen LogP contribution in [-0.2, 0) is 11.3 Å². The molecule has 1 amide bonds. The molecule has 1 atom stereocenters. The third-order valence-electron chi connectivity index (χ3n) is 3.31. The number of hydrogen-bond acceptors (Lipinski definition) is 3. The fourth-order valence-corrected chi connectivity index (χ4v) is 2.15. The smallest absolute Gasteiger partial charge is 0.221 e. The molecule has 0 aliphatic carbocycles. The second kappa shape index (κ2) is 6.92. The maximum absolute atomic E-state index is 11.1. The molecule has 112 valence electrons. The van der Waals surface area contributed by atoms with Crippen LogP contribution < -0.4 is 10.6 Å². The summed E-state index contributed by atoms with van der Waals surface area (Å²) >= 11 is 0. The van der Waals surface area contributed by atoms with Crippen molar-refractivity contribution in [3.8, 4) is 0 Å². The van der Waals surface area contributed by atoms with Gasteiger partial charge in [-0.15, -0.1) is 0 Å². The van der Waals surface area contributed by atoms with Gasteiger partial charge in [-0.3, -0.25) is 9.48 Å². The topological polar surface area (TPSA) is 59.0 Å². The van der Waals surface area contributed by atoms with Crippen molar-refractivity contribution in [1.29, 1.82) is 0 Å². The molecule has 0 radical (unpaired) electrons. The van der Waals surface area contributed by atoms with Crippen LogP contribution in [0.1, 0.15) is 25.8 Å². The minimum absolute atomic E-state index is 0.0588. The summed E-state index contributed by atoms with van der Waals surface area (Å²) in [6.07, 6.45) is 4.74. The average Bonchev–Trinajstić information content (AvgIpc) is 2.93. The number of aryl methyl sites for hydroxylation is 2. The molecule has 2 N–H and O–H groups in total. The first-order chi connectivity index (χ1) is 10.0. The van der Waals surface area contributed by atoms with Crippen LogP contribution in [0.15, 0.2) is 36.7 Å². The van der Waals surface area contributed by atoms with E-state index in [0.29, 0.717) is 6.04 Å². The van der Waals surface area contributed by atoms with Crippen LogP contribution in [0.5, 0.6) is 0 Å². The first-order valence-electron chi connectivity index (χ1n) is 7.17. The number of nitrogens with one attached hydrogen (secondary N) is 2. The summed E-state index contributed by atoms with van der Waals surface area (Å²) in [7, 11) is 0. The normalized spacial score (nSPS) is 12.0. The van der Waals surface area contributed by atoms with Crippen molar-refractivity contribution < 1.29 is 4.79 Å². The van der Waals surface area contributed by atoms with Crippen molar-refractivity contribution in [1.82, 2.24) is 9.78 Å². The zero-order valence-corrected chi connectivity index (χ0v) is 12.8. The van der Waals surface area contributed by atoms with Gasteiger partial charge in [0.25, 0.3) is 0 Å². The number of hydrogen-bond donors (Lipinski definition) is 2. The molecule has 0 aliphatic rings. The maximum Gasteiger partial charge on any atom is 0.221 e. The Kier molecular flexibility index (Phi) is 4.98. The molecular formula is C16H22N4O. The molecule has 5 heteroatoms. The lowest BCUT2D eigenvalue weighted by Gasteiger charge is -2.18. The molecule has 0 spiro atoms. The van der Waals surface area contributed by atoms with E-state index in [1.807, 2.05) is 35.1 Å². The molecule has 1 heterocycles. The number of carbonyl (C=O) groups excluding carboxylic acids is 1. The summed E-state index contributed by atoms with van der Waals surface area (Å²) in [5.41, 5.74) is 3.03. The fraction of sp³-hybridized carbons (Fsp3) is 0.375. The van der Waals surface area contributed by atoms with E-state index in [1.54, 1.807) is 6.20 Å².